The quantitative estimate of drug-likeness (QED) is 0.0479. The van der Waals surface area contributed by atoms with E-state index in [0.29, 0.717) is 19.6 Å². The first-order valence-corrected chi connectivity index (χ1v) is 23.1. The Kier molecular flexibility index (Phi) is 38.7. The van der Waals surface area contributed by atoms with Crippen molar-refractivity contribution in [3.8, 4) is 0 Å². The molecule has 0 heterocycles. The predicted molar refractivity (Wildman–Crippen MR) is 223 cm³/mol. The smallest absolute Gasteiger partial charge is 0.306 e. The highest BCUT2D eigenvalue weighted by Gasteiger charge is 2.18. The number of carbonyl (C=O) groups is 2. The van der Waals surface area contributed by atoms with Crippen molar-refractivity contribution >= 4 is 11.9 Å². The van der Waals surface area contributed by atoms with E-state index in [1.165, 1.54) is 141 Å². The Labute approximate surface area is 324 Å². The maximum absolute atomic E-state index is 12.4. The number of hydrogen-bond acceptors (Lipinski definition) is 5. The highest BCUT2D eigenvalue weighted by atomic mass is 16.5. The van der Waals surface area contributed by atoms with Gasteiger partial charge in [-0.2, -0.15) is 0 Å². The van der Waals surface area contributed by atoms with Crippen LogP contribution >= 0.6 is 0 Å². The van der Waals surface area contributed by atoms with Crippen LogP contribution in [0.25, 0.3) is 0 Å². The van der Waals surface area contributed by atoms with Crippen LogP contribution < -0.4 is 0 Å². The van der Waals surface area contributed by atoms with Gasteiger partial charge in [0.25, 0.3) is 0 Å². The molecule has 6 heteroatoms. The Morgan fingerprint density at radius 1 is 0.481 bits per heavy atom. The van der Waals surface area contributed by atoms with E-state index in [-0.39, 0.29) is 18.5 Å². The standard InChI is InChI=1S/C46H91NO5/c1-5-9-13-18-28-42(29-19-14-10-6-2)32-26-35-44(46(50)51)34-23-25-38-47(39-40-48)37-24-17-22-36-45(49)52-41-27-33-43(30-20-15-11-7-3)31-21-16-12-8-4/h42-44,48H,5-41H2,1-4H3,(H,50,51). The summed E-state index contributed by atoms with van der Waals surface area (Å²) in [5.41, 5.74) is 0. The van der Waals surface area contributed by atoms with E-state index in [2.05, 4.69) is 32.6 Å². The normalized spacial score (nSPS) is 12.4. The fourth-order valence-electron chi connectivity index (χ4n) is 7.96. The molecule has 1 atom stereocenters. The van der Waals surface area contributed by atoms with Crippen LogP contribution in [0.1, 0.15) is 233 Å². The first kappa shape index (κ1) is 50.9. The zero-order chi connectivity index (χ0) is 38.3. The molecule has 0 fully saturated rings. The maximum atomic E-state index is 12.4. The third-order valence-electron chi connectivity index (χ3n) is 11.4. The van der Waals surface area contributed by atoms with Crippen LogP contribution in [0.15, 0.2) is 0 Å². The molecule has 0 aromatic carbocycles. The van der Waals surface area contributed by atoms with Gasteiger partial charge < -0.3 is 19.8 Å². The molecule has 52 heavy (non-hydrogen) atoms. The third-order valence-corrected chi connectivity index (χ3v) is 11.4. The number of nitrogens with zero attached hydrogens (tertiary/aromatic N) is 1. The number of ether oxygens (including phenoxy) is 1. The van der Waals surface area contributed by atoms with Crippen LogP contribution in [0, 0.1) is 17.8 Å². The summed E-state index contributed by atoms with van der Waals surface area (Å²) >= 11 is 0. The Hall–Kier alpha value is -1.14. The van der Waals surface area contributed by atoms with E-state index >= 15 is 0 Å². The second kappa shape index (κ2) is 39.6. The first-order chi connectivity index (χ1) is 25.4. The number of esters is 1. The largest absolute Gasteiger partial charge is 0.481 e. The summed E-state index contributed by atoms with van der Waals surface area (Å²) in [5, 5.41) is 19.5. The lowest BCUT2D eigenvalue weighted by atomic mass is 9.87. The molecule has 0 saturated heterocycles. The monoisotopic (exact) mass is 738 g/mol. The molecule has 0 amide bonds. The first-order valence-electron chi connectivity index (χ1n) is 23.1. The average Bonchev–Trinajstić information content (AvgIpc) is 3.13. The van der Waals surface area contributed by atoms with Crippen molar-refractivity contribution in [2.75, 3.05) is 32.8 Å². The van der Waals surface area contributed by atoms with Crippen LogP contribution in [0.3, 0.4) is 0 Å². The number of aliphatic carboxylic acids is 1. The summed E-state index contributed by atoms with van der Waals surface area (Å²) in [4.78, 5) is 26.7. The fourth-order valence-corrected chi connectivity index (χ4v) is 7.96. The second-order valence-electron chi connectivity index (χ2n) is 16.3. The highest BCUT2D eigenvalue weighted by molar-refractivity contribution is 5.70. The second-order valence-corrected chi connectivity index (χ2v) is 16.3. The molecule has 1 unspecified atom stereocenters. The van der Waals surface area contributed by atoms with Crippen LogP contribution in [0.4, 0.5) is 0 Å². The highest BCUT2D eigenvalue weighted by Crippen LogP contribution is 2.26. The maximum Gasteiger partial charge on any atom is 0.306 e. The van der Waals surface area contributed by atoms with Crippen LogP contribution in [0.5, 0.6) is 0 Å². The van der Waals surface area contributed by atoms with Gasteiger partial charge in [0.05, 0.1) is 19.1 Å². The number of aliphatic hydroxyl groups excluding tert-OH is 1. The molecule has 0 radical (unpaired) electrons. The lowest BCUT2D eigenvalue weighted by Crippen LogP contribution is -2.29. The summed E-state index contributed by atoms with van der Waals surface area (Å²) in [6, 6.07) is 0. The number of carboxylic acid groups (broad SMARTS) is 1. The number of hydrogen-bond donors (Lipinski definition) is 2. The predicted octanol–water partition coefficient (Wildman–Crippen LogP) is 13.3. The Bertz CT molecular complexity index is 737. The summed E-state index contributed by atoms with van der Waals surface area (Å²) in [7, 11) is 0. The van der Waals surface area contributed by atoms with Gasteiger partial charge in [-0.05, 0) is 69.9 Å². The summed E-state index contributed by atoms with van der Waals surface area (Å²) in [6.45, 7) is 12.2. The number of carbonyl (C=O) groups excluding carboxylic acids is 1. The molecular formula is C46H91NO5. The van der Waals surface area contributed by atoms with Gasteiger partial charge in [0.2, 0.25) is 0 Å². The Morgan fingerprint density at radius 3 is 1.35 bits per heavy atom. The number of unbranched alkanes of at least 4 members (excludes halogenated alkanes) is 15. The van der Waals surface area contributed by atoms with Gasteiger partial charge in [-0.1, -0.05) is 182 Å². The van der Waals surface area contributed by atoms with Crippen molar-refractivity contribution in [2.24, 2.45) is 17.8 Å². The van der Waals surface area contributed by atoms with Crippen molar-refractivity contribution in [3.63, 3.8) is 0 Å². The van der Waals surface area contributed by atoms with Crippen molar-refractivity contribution in [2.45, 2.75) is 233 Å². The zero-order valence-corrected chi connectivity index (χ0v) is 35.5. The van der Waals surface area contributed by atoms with Gasteiger partial charge in [-0.25, -0.2) is 0 Å². The zero-order valence-electron chi connectivity index (χ0n) is 35.5. The Morgan fingerprint density at radius 2 is 0.885 bits per heavy atom. The molecule has 0 aliphatic heterocycles. The number of rotatable bonds is 42. The summed E-state index contributed by atoms with van der Waals surface area (Å²) in [6.07, 6.45) is 37.6. The van der Waals surface area contributed by atoms with E-state index in [0.717, 1.165) is 82.7 Å². The number of carboxylic acids is 1. The SMILES string of the molecule is CCCCCCC(CCCCCC)CCCOC(=O)CCCCCN(CCO)CCCCC(CCCC(CCCCCC)CCCCCC)C(=O)O. The Balaban J connectivity index is 4.30. The topological polar surface area (TPSA) is 87.1 Å². The molecule has 0 spiro atoms. The van der Waals surface area contributed by atoms with Gasteiger partial charge in [-0.15, -0.1) is 0 Å². The van der Waals surface area contributed by atoms with Crippen LogP contribution in [-0.2, 0) is 14.3 Å². The van der Waals surface area contributed by atoms with Gasteiger partial charge >= 0.3 is 11.9 Å². The fraction of sp³-hybridized carbons (Fsp3) is 0.957. The molecule has 0 rings (SSSR count). The average molecular weight is 738 g/mol. The molecule has 0 aliphatic rings. The van der Waals surface area contributed by atoms with E-state index < -0.39 is 5.97 Å². The van der Waals surface area contributed by atoms with Gasteiger partial charge in [0.1, 0.15) is 0 Å². The molecule has 0 aromatic rings. The van der Waals surface area contributed by atoms with Crippen molar-refractivity contribution in [1.29, 1.82) is 0 Å². The molecular weight excluding hydrogens is 647 g/mol. The van der Waals surface area contributed by atoms with Crippen LogP contribution in [0.2, 0.25) is 0 Å². The van der Waals surface area contributed by atoms with Crippen molar-refractivity contribution in [3.05, 3.63) is 0 Å². The van der Waals surface area contributed by atoms with E-state index in [1.807, 2.05) is 0 Å². The minimum atomic E-state index is -0.631. The van der Waals surface area contributed by atoms with Crippen molar-refractivity contribution in [1.82, 2.24) is 4.90 Å². The van der Waals surface area contributed by atoms with Gasteiger partial charge in [0, 0.05) is 13.0 Å². The molecule has 2 N–H and O–H groups in total. The van der Waals surface area contributed by atoms with E-state index in [9.17, 15) is 19.8 Å². The molecule has 0 saturated carbocycles. The number of aliphatic hydroxyl groups is 1. The minimum Gasteiger partial charge on any atom is -0.481 e. The van der Waals surface area contributed by atoms with Gasteiger partial charge in [-0.3, -0.25) is 9.59 Å². The minimum absolute atomic E-state index is 0.0582. The third kappa shape index (κ3) is 33.4. The molecule has 0 aliphatic carbocycles. The molecule has 0 bridgehead atoms. The molecule has 310 valence electrons. The van der Waals surface area contributed by atoms with E-state index in [1.54, 1.807) is 0 Å². The van der Waals surface area contributed by atoms with Crippen LogP contribution in [-0.4, -0.2) is 59.9 Å². The molecule has 0 aromatic heterocycles. The lowest BCUT2D eigenvalue weighted by molar-refractivity contribution is -0.144. The van der Waals surface area contributed by atoms with Gasteiger partial charge in [0.15, 0.2) is 0 Å². The molecule has 6 nitrogen and oxygen atoms in total. The lowest BCUT2D eigenvalue weighted by Gasteiger charge is -2.22. The van der Waals surface area contributed by atoms with Crippen molar-refractivity contribution < 1.29 is 24.5 Å². The summed E-state index contributed by atoms with van der Waals surface area (Å²) in [5.74, 6) is 0.619. The van der Waals surface area contributed by atoms with E-state index in [4.69, 9.17) is 4.74 Å². The summed E-state index contributed by atoms with van der Waals surface area (Å²) < 4.78 is 5.61.